The topological polar surface area (TPSA) is 18.5 Å². The smallest absolute Gasteiger partial charge is 0.157 e. The van der Waals surface area contributed by atoms with E-state index in [0.717, 1.165) is 50.5 Å². The van der Waals surface area contributed by atoms with Gasteiger partial charge in [0, 0.05) is 16.2 Å². The first-order valence-electron chi connectivity index (χ1n) is 18.1. The van der Waals surface area contributed by atoms with Crippen LogP contribution in [0.3, 0.4) is 0 Å². The Labute approximate surface area is 220 Å². The van der Waals surface area contributed by atoms with Crippen LogP contribution in [0.5, 0.6) is 0 Å². The van der Waals surface area contributed by atoms with Crippen molar-refractivity contribution in [2.75, 3.05) is 6.61 Å². The molecule has 0 spiro atoms. The zero-order valence-corrected chi connectivity index (χ0v) is 22.0. The summed E-state index contributed by atoms with van der Waals surface area (Å²) in [4.78, 5) is 0. The van der Waals surface area contributed by atoms with E-state index in [9.17, 15) is 0 Å². The molecule has 5 rings (SSSR count). The summed E-state index contributed by atoms with van der Waals surface area (Å²) < 4.78 is 67.2. The fraction of sp³-hybridized carbons (Fsp3) is 0.938. The molecule has 0 bridgehead atoms. The van der Waals surface area contributed by atoms with Crippen LogP contribution in [0, 0.1) is 46.3 Å². The molecule has 2 heteroatoms. The van der Waals surface area contributed by atoms with E-state index in [1.54, 1.807) is 5.57 Å². The van der Waals surface area contributed by atoms with Crippen LogP contribution in [0.4, 0.5) is 0 Å². The number of rotatable bonds is 7. The zero-order chi connectivity index (χ0) is 29.8. The van der Waals surface area contributed by atoms with Crippen molar-refractivity contribution in [1.82, 2.24) is 0 Å². The summed E-state index contributed by atoms with van der Waals surface area (Å²) in [5, 5.41) is 0. The monoisotopic (exact) mass is 477 g/mol. The van der Waals surface area contributed by atoms with Crippen LogP contribution >= 0.6 is 0 Å². The SMILES string of the molecule is [2H]C([2H])([2H])C([2H])(CCC[C@@H](C)[C@H]1CC[C@H]2[C@@H]3CC=C4C[C@@H](OC5CCCCO5)CC[C@]4(C)[C@H]3CC[C@]12C)C([2H])([2H])[2H]. The van der Waals surface area contributed by atoms with Gasteiger partial charge in [-0.25, -0.2) is 0 Å². The summed E-state index contributed by atoms with van der Waals surface area (Å²) in [7, 11) is 0. The average Bonchev–Trinajstić information content (AvgIpc) is 3.25. The number of fused-ring (bicyclic) bond motifs is 5. The van der Waals surface area contributed by atoms with Crippen LogP contribution in [0.1, 0.15) is 134 Å². The predicted octanol–water partition coefficient (Wildman–Crippen LogP) is 8.94. The molecule has 0 amide bonds. The fourth-order valence-corrected chi connectivity index (χ4v) is 9.55. The molecule has 1 saturated heterocycles. The molecule has 1 unspecified atom stereocenters. The molecule has 0 aromatic carbocycles. The van der Waals surface area contributed by atoms with E-state index in [1.807, 2.05) is 0 Å². The molecule has 194 valence electrons. The third kappa shape index (κ3) is 4.69. The van der Waals surface area contributed by atoms with Crippen molar-refractivity contribution in [1.29, 1.82) is 0 Å². The summed E-state index contributed by atoms with van der Waals surface area (Å²) in [5.74, 6) is 0.767. The van der Waals surface area contributed by atoms with E-state index in [2.05, 4.69) is 26.8 Å². The van der Waals surface area contributed by atoms with Gasteiger partial charge in [0.25, 0.3) is 0 Å². The molecule has 3 saturated carbocycles. The number of ether oxygens (including phenoxy) is 2. The van der Waals surface area contributed by atoms with E-state index >= 15 is 0 Å². The van der Waals surface area contributed by atoms with Crippen LogP contribution in [-0.2, 0) is 9.47 Å². The summed E-state index contributed by atoms with van der Waals surface area (Å²) in [6.45, 7) is 2.56. The zero-order valence-electron chi connectivity index (χ0n) is 29.0. The van der Waals surface area contributed by atoms with Crippen molar-refractivity contribution in [2.45, 2.75) is 137 Å². The standard InChI is InChI=1S/C32H54O2/c1-22(2)9-8-10-23(3)27-14-15-28-26-13-12-24-21-25(34-30-11-6-7-20-33-30)16-18-31(24,4)29(26)17-19-32(27,28)5/h12,22-23,25-30H,6-11,13-21H2,1-5H3/t23-,25+,26+,27-,28+,29+,30?,31+,32-/m1/s1/i1D3,2D3,22D. The number of hydrogen-bond acceptors (Lipinski definition) is 2. The molecule has 0 aromatic rings. The minimum absolute atomic E-state index is 0.0118. The molecule has 0 aromatic heterocycles. The molecule has 1 aliphatic heterocycles. The molecule has 2 nitrogen and oxygen atoms in total. The lowest BCUT2D eigenvalue weighted by Gasteiger charge is -2.58. The quantitative estimate of drug-likeness (QED) is 0.341. The Kier molecular flexibility index (Phi) is 5.40. The minimum atomic E-state index is -2.82. The van der Waals surface area contributed by atoms with E-state index in [4.69, 9.17) is 19.1 Å². The van der Waals surface area contributed by atoms with E-state index in [0.29, 0.717) is 24.2 Å². The second-order valence-corrected chi connectivity index (χ2v) is 13.1. The fourth-order valence-electron chi connectivity index (χ4n) is 9.55. The van der Waals surface area contributed by atoms with Gasteiger partial charge >= 0.3 is 0 Å². The molecule has 5 aliphatic rings. The van der Waals surface area contributed by atoms with Crippen molar-refractivity contribution in [3.05, 3.63) is 11.6 Å². The van der Waals surface area contributed by atoms with Crippen LogP contribution in [0.2, 0.25) is 0 Å². The molecule has 4 aliphatic carbocycles. The molecule has 34 heavy (non-hydrogen) atoms. The molecule has 0 radical (unpaired) electrons. The van der Waals surface area contributed by atoms with Gasteiger partial charge in [-0.1, -0.05) is 65.4 Å². The lowest BCUT2D eigenvalue weighted by molar-refractivity contribution is -0.195. The largest absolute Gasteiger partial charge is 0.353 e. The lowest BCUT2D eigenvalue weighted by Crippen LogP contribution is -2.51. The van der Waals surface area contributed by atoms with Gasteiger partial charge in [0.05, 0.1) is 6.10 Å². The second-order valence-electron chi connectivity index (χ2n) is 13.1. The van der Waals surface area contributed by atoms with Gasteiger partial charge in [-0.15, -0.1) is 0 Å². The highest BCUT2D eigenvalue weighted by Crippen LogP contribution is 2.67. The van der Waals surface area contributed by atoms with E-state index in [-0.39, 0.29) is 29.6 Å². The highest BCUT2D eigenvalue weighted by atomic mass is 16.7. The Hall–Kier alpha value is -0.340. The van der Waals surface area contributed by atoms with Crippen LogP contribution in [0.15, 0.2) is 11.6 Å². The number of allylic oxidation sites excluding steroid dienone is 1. The summed E-state index contributed by atoms with van der Waals surface area (Å²) >= 11 is 0. The van der Waals surface area contributed by atoms with Crippen molar-refractivity contribution in [2.24, 2.45) is 46.3 Å². The van der Waals surface area contributed by atoms with E-state index in [1.165, 1.54) is 44.9 Å². The van der Waals surface area contributed by atoms with Gasteiger partial charge < -0.3 is 9.47 Å². The predicted molar refractivity (Wildman–Crippen MR) is 142 cm³/mol. The van der Waals surface area contributed by atoms with Gasteiger partial charge in [0.2, 0.25) is 0 Å². The van der Waals surface area contributed by atoms with Crippen LogP contribution in [0.25, 0.3) is 0 Å². The third-order valence-corrected chi connectivity index (χ3v) is 11.4. The number of hydrogen-bond donors (Lipinski definition) is 0. The average molecular weight is 478 g/mol. The molecule has 4 fully saturated rings. The van der Waals surface area contributed by atoms with Crippen LogP contribution in [-0.4, -0.2) is 19.0 Å². The lowest BCUT2D eigenvalue weighted by atomic mass is 9.47. The van der Waals surface area contributed by atoms with Gasteiger partial charge in [0.15, 0.2) is 6.29 Å². The van der Waals surface area contributed by atoms with Gasteiger partial charge in [-0.3, -0.25) is 0 Å². The van der Waals surface area contributed by atoms with Crippen molar-refractivity contribution in [3.63, 3.8) is 0 Å². The maximum absolute atomic E-state index is 8.39. The Bertz CT molecular complexity index is 941. The first kappa shape index (κ1) is 18.0. The van der Waals surface area contributed by atoms with Gasteiger partial charge in [0.1, 0.15) is 0 Å². The summed E-state index contributed by atoms with van der Waals surface area (Å²) in [6.07, 6.45) is 17.0. The summed E-state index contributed by atoms with van der Waals surface area (Å²) in [5.41, 5.74) is 2.20. The third-order valence-electron chi connectivity index (χ3n) is 11.4. The van der Waals surface area contributed by atoms with Crippen LogP contribution < -0.4 is 0 Å². The Morgan fingerprint density at radius 3 is 2.76 bits per heavy atom. The molecule has 0 N–H and O–H groups in total. The Morgan fingerprint density at radius 1 is 1.09 bits per heavy atom. The van der Waals surface area contributed by atoms with Crippen molar-refractivity contribution >= 4 is 0 Å². The van der Waals surface area contributed by atoms with Crippen molar-refractivity contribution in [3.8, 4) is 0 Å². The first-order valence-corrected chi connectivity index (χ1v) is 14.6. The second kappa shape index (κ2) is 10.2. The molecular formula is C32H54O2. The Balaban J connectivity index is 1.22. The molecular weight excluding hydrogens is 416 g/mol. The highest BCUT2D eigenvalue weighted by molar-refractivity contribution is 5.25. The Morgan fingerprint density at radius 2 is 1.97 bits per heavy atom. The highest BCUT2D eigenvalue weighted by Gasteiger charge is 2.59. The normalized spacial score (nSPS) is 49.4. The summed E-state index contributed by atoms with van der Waals surface area (Å²) in [6, 6.07) is 0. The van der Waals surface area contributed by atoms with Crippen molar-refractivity contribution < 1.29 is 19.1 Å². The maximum atomic E-state index is 8.39. The minimum Gasteiger partial charge on any atom is -0.353 e. The van der Waals surface area contributed by atoms with Gasteiger partial charge in [-0.05, 0) is 117 Å². The maximum Gasteiger partial charge on any atom is 0.157 e. The van der Waals surface area contributed by atoms with Gasteiger partial charge in [-0.2, -0.15) is 0 Å². The molecule has 9 atom stereocenters. The first-order chi connectivity index (χ1) is 19.1. The van der Waals surface area contributed by atoms with E-state index < -0.39 is 19.6 Å². The molecule has 1 heterocycles.